The maximum absolute atomic E-state index is 13.1. The number of carbonyl (C=O) groups excluding carboxylic acids is 1. The van der Waals surface area contributed by atoms with Crippen LogP contribution in [0.4, 0.5) is 18.9 Å². The molecule has 0 fully saturated rings. The quantitative estimate of drug-likeness (QED) is 0.629. The first-order chi connectivity index (χ1) is 14.2. The summed E-state index contributed by atoms with van der Waals surface area (Å²) >= 11 is 0. The van der Waals surface area contributed by atoms with Gasteiger partial charge in [0.25, 0.3) is 5.91 Å². The molecule has 0 atom stereocenters. The third-order valence-corrected chi connectivity index (χ3v) is 5.04. The highest BCUT2D eigenvalue weighted by molar-refractivity contribution is 5.94. The lowest BCUT2D eigenvalue weighted by Crippen LogP contribution is -2.22. The number of benzene rings is 2. The fourth-order valence-corrected chi connectivity index (χ4v) is 3.79. The summed E-state index contributed by atoms with van der Waals surface area (Å²) in [7, 11) is 0. The summed E-state index contributed by atoms with van der Waals surface area (Å²) in [6.07, 6.45) is -2.45. The monoisotopic (exact) mass is 417 g/mol. The van der Waals surface area contributed by atoms with Gasteiger partial charge in [0.1, 0.15) is 11.3 Å². The second-order valence-electron chi connectivity index (χ2n) is 7.22. The van der Waals surface area contributed by atoms with Crippen molar-refractivity contribution < 1.29 is 27.1 Å². The summed E-state index contributed by atoms with van der Waals surface area (Å²) in [5, 5.41) is 2.89. The fraction of sp³-hybridized carbons (Fsp3) is 0.273. The lowest BCUT2D eigenvalue weighted by Gasteiger charge is -2.15. The van der Waals surface area contributed by atoms with Crippen molar-refractivity contribution in [3.8, 4) is 5.75 Å². The van der Waals surface area contributed by atoms with E-state index in [1.54, 1.807) is 19.1 Å². The summed E-state index contributed by atoms with van der Waals surface area (Å²) in [6, 6.07) is 8.19. The van der Waals surface area contributed by atoms with E-state index in [0.717, 1.165) is 23.6 Å². The molecule has 0 bridgehead atoms. The predicted octanol–water partition coefficient (Wildman–Crippen LogP) is 4.63. The van der Waals surface area contributed by atoms with Gasteiger partial charge >= 0.3 is 11.8 Å². The molecule has 1 aliphatic rings. The van der Waals surface area contributed by atoms with Gasteiger partial charge in [0.2, 0.25) is 0 Å². The second kappa shape index (κ2) is 7.51. The van der Waals surface area contributed by atoms with Crippen molar-refractivity contribution in [1.82, 2.24) is 0 Å². The topological polar surface area (TPSA) is 68.5 Å². The van der Waals surface area contributed by atoms with Crippen molar-refractivity contribution in [2.45, 2.75) is 32.4 Å². The first-order valence-corrected chi connectivity index (χ1v) is 9.42. The average Bonchev–Trinajstić information content (AvgIpc) is 3.16. The molecule has 0 unspecified atom stereocenters. The number of para-hydroxylation sites is 1. The zero-order valence-electron chi connectivity index (χ0n) is 16.1. The van der Waals surface area contributed by atoms with Crippen LogP contribution in [0.15, 0.2) is 45.6 Å². The van der Waals surface area contributed by atoms with Crippen LogP contribution < -0.4 is 15.7 Å². The van der Waals surface area contributed by atoms with E-state index in [2.05, 4.69) is 5.32 Å². The molecule has 8 heteroatoms. The summed E-state index contributed by atoms with van der Waals surface area (Å²) in [5.74, 6) is -0.360. The average molecular weight is 417 g/mol. The molecule has 0 spiro atoms. The molecule has 1 heterocycles. The zero-order valence-corrected chi connectivity index (χ0v) is 16.1. The number of anilines is 1. The Morgan fingerprint density at radius 1 is 1.17 bits per heavy atom. The van der Waals surface area contributed by atoms with Gasteiger partial charge < -0.3 is 14.5 Å². The Balaban J connectivity index is 1.60. The van der Waals surface area contributed by atoms with E-state index in [1.165, 1.54) is 18.2 Å². The molecule has 1 aromatic heterocycles. The summed E-state index contributed by atoms with van der Waals surface area (Å²) in [4.78, 5) is 24.5. The van der Waals surface area contributed by atoms with Crippen LogP contribution in [-0.4, -0.2) is 12.5 Å². The summed E-state index contributed by atoms with van der Waals surface area (Å²) in [6.45, 7) is 1.30. The molecule has 3 aromatic rings. The maximum Gasteiger partial charge on any atom is 0.418 e. The normalized spacial score (nSPS) is 13.3. The molecule has 1 aliphatic carbocycles. The minimum atomic E-state index is -4.59. The van der Waals surface area contributed by atoms with E-state index in [4.69, 9.17) is 9.15 Å². The van der Waals surface area contributed by atoms with Crippen molar-refractivity contribution in [1.29, 1.82) is 0 Å². The minimum Gasteiger partial charge on any atom is -0.483 e. The molecule has 0 radical (unpaired) electrons. The van der Waals surface area contributed by atoms with Crippen LogP contribution in [0, 0.1) is 6.92 Å². The van der Waals surface area contributed by atoms with Gasteiger partial charge in [0.15, 0.2) is 6.61 Å². The van der Waals surface area contributed by atoms with E-state index in [1.807, 2.05) is 0 Å². The molecule has 1 N–H and O–H groups in total. The van der Waals surface area contributed by atoms with Gasteiger partial charge in [-0.25, -0.2) is 4.79 Å². The molecule has 156 valence electrons. The Morgan fingerprint density at radius 2 is 1.90 bits per heavy atom. The number of halogens is 3. The number of ether oxygens (including phenoxy) is 1. The van der Waals surface area contributed by atoms with Gasteiger partial charge in [-0.2, -0.15) is 13.2 Å². The lowest BCUT2D eigenvalue weighted by atomic mass is 10.0. The molecule has 0 saturated carbocycles. The number of hydrogen-bond donors (Lipinski definition) is 1. The standard InChI is InChI=1S/C22H18F3NO4/c1-12-9-17(20-13-5-4-6-14(13)21(28)30-18(20)10-12)29-11-19(27)26-16-8-3-2-7-15(16)22(23,24)25/h2-3,7-10H,4-6,11H2,1H3,(H,26,27). The number of hydrogen-bond acceptors (Lipinski definition) is 4. The molecular formula is C22H18F3NO4. The largest absolute Gasteiger partial charge is 0.483 e. The van der Waals surface area contributed by atoms with Crippen molar-refractivity contribution >= 4 is 22.6 Å². The molecule has 2 aromatic carbocycles. The van der Waals surface area contributed by atoms with Crippen LogP contribution in [0.2, 0.25) is 0 Å². The number of carbonyl (C=O) groups is 1. The Bertz CT molecular complexity index is 1200. The van der Waals surface area contributed by atoms with Crippen molar-refractivity contribution in [2.24, 2.45) is 0 Å². The smallest absolute Gasteiger partial charge is 0.418 e. The van der Waals surface area contributed by atoms with Gasteiger partial charge in [-0.3, -0.25) is 4.79 Å². The molecular weight excluding hydrogens is 399 g/mol. The Kier molecular flexibility index (Phi) is 5.01. The van der Waals surface area contributed by atoms with E-state index in [0.29, 0.717) is 35.1 Å². The fourth-order valence-electron chi connectivity index (χ4n) is 3.79. The zero-order chi connectivity index (χ0) is 21.5. The van der Waals surface area contributed by atoms with Gasteiger partial charge in [-0.15, -0.1) is 0 Å². The molecule has 4 rings (SSSR count). The summed E-state index contributed by atoms with van der Waals surface area (Å²) in [5.41, 5.74) is 0.963. The Labute approximate surface area is 169 Å². The van der Waals surface area contributed by atoms with Crippen LogP contribution in [0.25, 0.3) is 11.0 Å². The van der Waals surface area contributed by atoms with Crippen LogP contribution in [0.3, 0.4) is 0 Å². The predicted molar refractivity (Wildman–Crippen MR) is 105 cm³/mol. The molecule has 30 heavy (non-hydrogen) atoms. The second-order valence-corrected chi connectivity index (χ2v) is 7.22. The van der Waals surface area contributed by atoms with Crippen molar-refractivity contribution in [3.05, 3.63) is 69.1 Å². The Morgan fingerprint density at radius 3 is 2.67 bits per heavy atom. The van der Waals surface area contributed by atoms with Gasteiger partial charge in [-0.1, -0.05) is 12.1 Å². The minimum absolute atomic E-state index is 0.334. The number of aryl methyl sites for hydroxylation is 2. The highest BCUT2D eigenvalue weighted by Crippen LogP contribution is 2.36. The molecule has 1 amide bonds. The van der Waals surface area contributed by atoms with Gasteiger partial charge in [-0.05, 0) is 61.6 Å². The highest BCUT2D eigenvalue weighted by atomic mass is 19.4. The van der Waals surface area contributed by atoms with E-state index in [9.17, 15) is 22.8 Å². The number of rotatable bonds is 4. The SMILES string of the molecule is Cc1cc(OCC(=O)Nc2ccccc2C(F)(F)F)c2c3c(c(=O)oc2c1)CCC3. The van der Waals surface area contributed by atoms with Crippen molar-refractivity contribution in [2.75, 3.05) is 11.9 Å². The molecule has 0 aliphatic heterocycles. The van der Waals surface area contributed by atoms with Crippen molar-refractivity contribution in [3.63, 3.8) is 0 Å². The first-order valence-electron chi connectivity index (χ1n) is 9.42. The maximum atomic E-state index is 13.1. The number of fused-ring (bicyclic) bond motifs is 3. The first kappa shape index (κ1) is 20.0. The van der Waals surface area contributed by atoms with Crippen LogP contribution in [0.1, 0.15) is 28.7 Å². The highest BCUT2D eigenvalue weighted by Gasteiger charge is 2.33. The van der Waals surface area contributed by atoms with Gasteiger partial charge in [0.05, 0.1) is 16.6 Å². The van der Waals surface area contributed by atoms with E-state index >= 15 is 0 Å². The third kappa shape index (κ3) is 3.77. The van der Waals surface area contributed by atoms with Gasteiger partial charge in [0, 0.05) is 5.56 Å². The van der Waals surface area contributed by atoms with Crippen LogP contribution in [-0.2, 0) is 23.8 Å². The Hall–Kier alpha value is -3.29. The number of amides is 1. The van der Waals surface area contributed by atoms with E-state index < -0.39 is 24.3 Å². The molecule has 5 nitrogen and oxygen atoms in total. The number of alkyl halides is 3. The summed E-state index contributed by atoms with van der Waals surface area (Å²) < 4.78 is 50.4. The van der Waals surface area contributed by atoms with Crippen LogP contribution >= 0.6 is 0 Å². The number of nitrogens with one attached hydrogen (secondary N) is 1. The lowest BCUT2D eigenvalue weighted by molar-refractivity contribution is -0.137. The van der Waals surface area contributed by atoms with E-state index in [-0.39, 0.29) is 11.3 Å². The molecule has 0 saturated heterocycles. The third-order valence-electron chi connectivity index (χ3n) is 5.04. The van der Waals surface area contributed by atoms with Crippen LogP contribution in [0.5, 0.6) is 5.75 Å².